The normalized spacial score (nSPS) is 10.9. The quantitative estimate of drug-likeness (QED) is 0.134. The average molecular weight is 445 g/mol. The van der Waals surface area contributed by atoms with E-state index in [9.17, 15) is 9.59 Å². The fraction of sp³-hybridized carbons (Fsp3) is 0.920. The van der Waals surface area contributed by atoms with Gasteiger partial charge in [-0.3, -0.25) is 9.59 Å². The molecule has 31 heavy (non-hydrogen) atoms. The topological polar surface area (TPSA) is 71.1 Å². The van der Waals surface area contributed by atoms with Gasteiger partial charge in [0.1, 0.15) is 6.61 Å². The van der Waals surface area contributed by atoms with Gasteiger partial charge in [-0.15, -0.1) is 0 Å². The number of hydrogen-bond acceptors (Lipinski definition) is 6. The third-order valence-corrected chi connectivity index (χ3v) is 5.10. The summed E-state index contributed by atoms with van der Waals surface area (Å²) in [5.74, 6) is -0.392. The lowest BCUT2D eigenvalue weighted by molar-refractivity contribution is -0.145. The maximum atomic E-state index is 11.7. The Bertz CT molecular complexity index is 399. The molecular formula is C25H48O6. The van der Waals surface area contributed by atoms with Gasteiger partial charge in [-0.2, -0.15) is 0 Å². The average Bonchev–Trinajstić information content (AvgIpc) is 2.76. The van der Waals surface area contributed by atoms with Crippen molar-refractivity contribution in [2.45, 2.75) is 110 Å². The van der Waals surface area contributed by atoms with E-state index in [4.69, 9.17) is 18.9 Å². The van der Waals surface area contributed by atoms with Crippen molar-refractivity contribution in [3.63, 3.8) is 0 Å². The van der Waals surface area contributed by atoms with Crippen molar-refractivity contribution in [3.8, 4) is 0 Å². The number of rotatable bonds is 24. The molecule has 0 spiro atoms. The Morgan fingerprint density at radius 1 is 0.484 bits per heavy atom. The zero-order valence-electron chi connectivity index (χ0n) is 20.3. The van der Waals surface area contributed by atoms with E-state index in [0.717, 1.165) is 12.8 Å². The lowest BCUT2D eigenvalue weighted by atomic mass is 10.0. The van der Waals surface area contributed by atoms with Gasteiger partial charge in [0.15, 0.2) is 0 Å². The van der Waals surface area contributed by atoms with Crippen LogP contribution in [0.15, 0.2) is 0 Å². The number of unbranched alkanes of at least 4 members (excludes halogenated alkanes) is 12. The molecule has 0 amide bonds. The van der Waals surface area contributed by atoms with Crippen molar-refractivity contribution >= 4 is 11.9 Å². The smallest absolute Gasteiger partial charge is 0.308 e. The predicted molar refractivity (Wildman–Crippen MR) is 124 cm³/mol. The number of ether oxygens (including phenoxy) is 4. The summed E-state index contributed by atoms with van der Waals surface area (Å²) in [7, 11) is 0. The molecular weight excluding hydrogens is 396 g/mol. The molecule has 0 saturated heterocycles. The van der Waals surface area contributed by atoms with Crippen LogP contribution in [0, 0.1) is 0 Å². The van der Waals surface area contributed by atoms with Crippen LogP contribution in [-0.4, -0.2) is 51.6 Å². The molecule has 0 atom stereocenters. The molecule has 0 heterocycles. The van der Waals surface area contributed by atoms with Crippen LogP contribution in [0.4, 0.5) is 0 Å². The van der Waals surface area contributed by atoms with Gasteiger partial charge in [0.2, 0.25) is 0 Å². The first-order valence-electron chi connectivity index (χ1n) is 12.7. The summed E-state index contributed by atoms with van der Waals surface area (Å²) in [6.07, 6.45) is 17.6. The summed E-state index contributed by atoms with van der Waals surface area (Å²) in [6.45, 7) is 6.23. The van der Waals surface area contributed by atoms with E-state index in [2.05, 4.69) is 6.92 Å². The summed E-state index contributed by atoms with van der Waals surface area (Å²) in [5, 5.41) is 0. The Hall–Kier alpha value is -1.14. The van der Waals surface area contributed by atoms with Crippen molar-refractivity contribution in [1.29, 1.82) is 0 Å². The maximum Gasteiger partial charge on any atom is 0.308 e. The highest BCUT2D eigenvalue weighted by Crippen LogP contribution is 2.13. The van der Waals surface area contributed by atoms with Gasteiger partial charge < -0.3 is 18.9 Å². The van der Waals surface area contributed by atoms with E-state index in [-0.39, 0.29) is 25.0 Å². The van der Waals surface area contributed by atoms with E-state index >= 15 is 0 Å². The van der Waals surface area contributed by atoms with E-state index in [1.807, 2.05) is 0 Å². The molecule has 0 aliphatic heterocycles. The van der Waals surface area contributed by atoms with Gasteiger partial charge in [-0.25, -0.2) is 0 Å². The summed E-state index contributed by atoms with van der Waals surface area (Å²) in [6, 6.07) is 0. The molecule has 6 nitrogen and oxygen atoms in total. The molecule has 6 heteroatoms. The summed E-state index contributed by atoms with van der Waals surface area (Å²) in [4.78, 5) is 22.8. The molecule has 0 aliphatic carbocycles. The van der Waals surface area contributed by atoms with Crippen molar-refractivity contribution in [2.75, 3.05) is 39.6 Å². The second kappa shape index (κ2) is 25.1. The zero-order chi connectivity index (χ0) is 22.8. The van der Waals surface area contributed by atoms with E-state index in [0.29, 0.717) is 39.5 Å². The third-order valence-electron chi connectivity index (χ3n) is 5.10. The molecule has 0 aliphatic rings. The minimum atomic E-state index is -0.251. The number of carbonyl (C=O) groups is 2. The fourth-order valence-electron chi connectivity index (χ4n) is 3.28. The van der Waals surface area contributed by atoms with E-state index in [1.54, 1.807) is 6.92 Å². The first-order valence-corrected chi connectivity index (χ1v) is 12.7. The second-order valence-corrected chi connectivity index (χ2v) is 7.99. The van der Waals surface area contributed by atoms with Gasteiger partial charge in [0.05, 0.1) is 39.5 Å². The van der Waals surface area contributed by atoms with Crippen LogP contribution >= 0.6 is 0 Å². The highest BCUT2D eigenvalue weighted by atomic mass is 16.6. The van der Waals surface area contributed by atoms with Gasteiger partial charge in [0, 0.05) is 6.42 Å². The second-order valence-electron chi connectivity index (χ2n) is 7.99. The monoisotopic (exact) mass is 444 g/mol. The Morgan fingerprint density at radius 2 is 0.935 bits per heavy atom. The van der Waals surface area contributed by atoms with Crippen LogP contribution in [0.2, 0.25) is 0 Å². The van der Waals surface area contributed by atoms with Crippen LogP contribution in [0.1, 0.15) is 110 Å². The lowest BCUT2D eigenvalue weighted by Crippen LogP contribution is -2.14. The molecule has 0 aromatic rings. The van der Waals surface area contributed by atoms with Gasteiger partial charge >= 0.3 is 11.9 Å². The minimum Gasteiger partial charge on any atom is -0.466 e. The standard InChI is InChI=1S/C25H48O6/c1-3-5-6-7-8-9-10-11-12-13-14-15-16-17-24(26)31-23-22-29-21-20-28-19-18-25(27)30-4-2/h3-23H2,1-2H3. The number of carbonyl (C=O) groups excluding carboxylic acids is 2. The van der Waals surface area contributed by atoms with Crippen molar-refractivity contribution in [3.05, 3.63) is 0 Å². The first-order chi connectivity index (χ1) is 15.2. The Morgan fingerprint density at radius 3 is 1.48 bits per heavy atom. The lowest BCUT2D eigenvalue weighted by Gasteiger charge is -2.07. The van der Waals surface area contributed by atoms with Crippen LogP contribution in [-0.2, 0) is 28.5 Å². The van der Waals surface area contributed by atoms with Crippen molar-refractivity contribution < 1.29 is 28.5 Å². The Labute approximate surface area is 190 Å². The molecule has 0 N–H and O–H groups in total. The van der Waals surface area contributed by atoms with Crippen molar-refractivity contribution in [2.24, 2.45) is 0 Å². The van der Waals surface area contributed by atoms with Crippen LogP contribution in [0.25, 0.3) is 0 Å². The Balaban J connectivity index is 3.19. The van der Waals surface area contributed by atoms with Crippen LogP contribution in [0.3, 0.4) is 0 Å². The van der Waals surface area contributed by atoms with Gasteiger partial charge in [0.25, 0.3) is 0 Å². The van der Waals surface area contributed by atoms with Crippen molar-refractivity contribution in [1.82, 2.24) is 0 Å². The highest BCUT2D eigenvalue weighted by molar-refractivity contribution is 5.69. The molecule has 0 radical (unpaired) electrons. The predicted octanol–water partition coefficient (Wildman–Crippen LogP) is 6.00. The van der Waals surface area contributed by atoms with Crippen LogP contribution < -0.4 is 0 Å². The fourth-order valence-corrected chi connectivity index (χ4v) is 3.28. The maximum absolute atomic E-state index is 11.7. The van der Waals surface area contributed by atoms with Crippen LogP contribution in [0.5, 0.6) is 0 Å². The number of esters is 2. The zero-order valence-corrected chi connectivity index (χ0v) is 20.3. The molecule has 0 aromatic heterocycles. The third kappa shape index (κ3) is 25.0. The summed E-state index contributed by atoms with van der Waals surface area (Å²) < 4.78 is 20.6. The van der Waals surface area contributed by atoms with E-state index < -0.39 is 0 Å². The molecule has 0 unspecified atom stereocenters. The summed E-state index contributed by atoms with van der Waals surface area (Å²) >= 11 is 0. The molecule has 0 saturated carbocycles. The Kier molecular flexibility index (Phi) is 24.2. The van der Waals surface area contributed by atoms with Gasteiger partial charge in [-0.1, -0.05) is 84.0 Å². The molecule has 0 bridgehead atoms. The molecule has 0 aromatic carbocycles. The van der Waals surface area contributed by atoms with E-state index in [1.165, 1.54) is 70.6 Å². The minimum absolute atomic E-state index is 0.141. The summed E-state index contributed by atoms with van der Waals surface area (Å²) in [5.41, 5.74) is 0. The SMILES string of the molecule is CCCCCCCCCCCCCCCC(=O)OCCOCCOCCC(=O)OCC. The highest BCUT2D eigenvalue weighted by Gasteiger charge is 2.03. The first kappa shape index (κ1) is 29.9. The van der Waals surface area contributed by atoms with Gasteiger partial charge in [-0.05, 0) is 13.3 Å². The molecule has 0 fully saturated rings. The molecule has 0 rings (SSSR count). The largest absolute Gasteiger partial charge is 0.466 e. The number of hydrogen-bond donors (Lipinski definition) is 0. The molecule has 184 valence electrons.